The van der Waals surface area contributed by atoms with Gasteiger partial charge in [-0.3, -0.25) is 4.79 Å². The van der Waals surface area contributed by atoms with Gasteiger partial charge < -0.3 is 5.32 Å². The van der Waals surface area contributed by atoms with Gasteiger partial charge in [0.1, 0.15) is 11.7 Å². The first kappa shape index (κ1) is 19.1. The van der Waals surface area contributed by atoms with Crippen molar-refractivity contribution in [2.45, 2.75) is 26.6 Å². The maximum absolute atomic E-state index is 12.1. The molecule has 2 aromatic rings. The molecular formula is C17H17ClF3N3O. The number of rotatable bonds is 5. The third-order valence-electron chi connectivity index (χ3n) is 3.43. The number of halogens is 4. The molecule has 134 valence electrons. The first-order valence-corrected chi connectivity index (χ1v) is 7.84. The lowest BCUT2D eigenvalue weighted by atomic mass is 10.1. The number of benzene rings is 1. The zero-order valence-corrected chi connectivity index (χ0v) is 14.4. The van der Waals surface area contributed by atoms with E-state index in [0.29, 0.717) is 23.0 Å². The van der Waals surface area contributed by atoms with Crippen molar-refractivity contribution < 1.29 is 18.0 Å². The van der Waals surface area contributed by atoms with Crippen molar-refractivity contribution in [2.75, 3.05) is 6.54 Å². The number of nitrogens with zero attached hydrogens (tertiary/aromatic N) is 2. The van der Waals surface area contributed by atoms with Gasteiger partial charge in [-0.05, 0) is 25.5 Å². The molecule has 0 aliphatic heterocycles. The number of aryl methyl sites for hydroxylation is 2. The predicted octanol–water partition coefficient (Wildman–Crippen LogP) is 3.89. The fourth-order valence-electron chi connectivity index (χ4n) is 2.13. The van der Waals surface area contributed by atoms with Crippen molar-refractivity contribution in [1.82, 2.24) is 15.1 Å². The molecule has 1 heterocycles. The lowest BCUT2D eigenvalue weighted by Crippen LogP contribution is -2.32. The monoisotopic (exact) mass is 371 g/mol. The van der Waals surface area contributed by atoms with Gasteiger partial charge in [0.15, 0.2) is 0 Å². The summed E-state index contributed by atoms with van der Waals surface area (Å²) < 4.78 is 37.8. The highest BCUT2D eigenvalue weighted by atomic mass is 35.5. The van der Waals surface area contributed by atoms with Crippen molar-refractivity contribution in [3.63, 3.8) is 0 Å². The summed E-state index contributed by atoms with van der Waals surface area (Å²) in [7, 11) is 0. The van der Waals surface area contributed by atoms with E-state index < -0.39 is 18.6 Å². The van der Waals surface area contributed by atoms with Crippen LogP contribution in [0, 0.1) is 13.8 Å². The molecule has 8 heteroatoms. The van der Waals surface area contributed by atoms with Crippen LogP contribution in [0.25, 0.3) is 6.08 Å². The van der Waals surface area contributed by atoms with Crippen LogP contribution in [0.3, 0.4) is 0 Å². The molecule has 0 aliphatic rings. The molecule has 1 amide bonds. The van der Waals surface area contributed by atoms with E-state index in [1.165, 1.54) is 6.08 Å². The van der Waals surface area contributed by atoms with E-state index in [1.54, 1.807) is 16.9 Å². The van der Waals surface area contributed by atoms with Gasteiger partial charge >= 0.3 is 6.18 Å². The molecule has 1 N–H and O–H groups in total. The minimum absolute atomic E-state index is 0.318. The van der Waals surface area contributed by atoms with Crippen molar-refractivity contribution in [3.05, 3.63) is 57.9 Å². The molecule has 0 saturated heterocycles. The molecule has 0 radical (unpaired) electrons. The minimum atomic E-state index is -4.45. The topological polar surface area (TPSA) is 46.9 Å². The molecule has 0 saturated carbocycles. The number of carbonyl (C=O) groups excluding carboxylic acids is 1. The average molecular weight is 372 g/mol. The number of carbonyl (C=O) groups is 1. The molecule has 0 spiro atoms. The Hall–Kier alpha value is -2.28. The molecule has 0 atom stereocenters. The van der Waals surface area contributed by atoms with E-state index in [9.17, 15) is 18.0 Å². The Morgan fingerprint density at radius 3 is 2.52 bits per heavy atom. The predicted molar refractivity (Wildman–Crippen MR) is 90.4 cm³/mol. The van der Waals surface area contributed by atoms with Gasteiger partial charge in [-0.25, -0.2) is 4.68 Å². The Bertz CT molecular complexity index is 780. The summed E-state index contributed by atoms with van der Waals surface area (Å²) in [6.45, 7) is 2.77. The Morgan fingerprint density at radius 2 is 1.92 bits per heavy atom. The number of amides is 1. The smallest absolute Gasteiger partial charge is 0.343 e. The second-order valence-electron chi connectivity index (χ2n) is 5.60. The fraction of sp³-hybridized carbons (Fsp3) is 0.294. The summed E-state index contributed by atoms with van der Waals surface area (Å²) in [6, 6.07) is 7.88. The van der Waals surface area contributed by atoms with Crippen LogP contribution in [-0.2, 0) is 11.3 Å². The quantitative estimate of drug-likeness (QED) is 0.810. The van der Waals surface area contributed by atoms with E-state index in [4.69, 9.17) is 11.6 Å². The zero-order valence-electron chi connectivity index (χ0n) is 13.7. The van der Waals surface area contributed by atoms with E-state index in [1.807, 2.05) is 31.2 Å². The molecule has 25 heavy (non-hydrogen) atoms. The van der Waals surface area contributed by atoms with Gasteiger partial charge in [-0.1, -0.05) is 41.4 Å². The largest absolute Gasteiger partial charge is 0.405 e. The number of nitrogens with one attached hydrogen (secondary N) is 1. The van der Waals surface area contributed by atoms with Gasteiger partial charge in [0.05, 0.1) is 12.2 Å². The summed E-state index contributed by atoms with van der Waals surface area (Å²) in [5.74, 6) is -0.848. The van der Waals surface area contributed by atoms with Gasteiger partial charge in [0.2, 0.25) is 5.91 Å². The van der Waals surface area contributed by atoms with Crippen LogP contribution in [0.5, 0.6) is 0 Å². The van der Waals surface area contributed by atoms with Crippen molar-refractivity contribution in [1.29, 1.82) is 0 Å². The highest BCUT2D eigenvalue weighted by Crippen LogP contribution is 2.22. The molecule has 0 bridgehead atoms. The third kappa shape index (κ3) is 5.63. The summed E-state index contributed by atoms with van der Waals surface area (Å²) in [5.41, 5.74) is 3.22. The summed E-state index contributed by atoms with van der Waals surface area (Å²) >= 11 is 6.28. The number of alkyl halides is 3. The summed E-state index contributed by atoms with van der Waals surface area (Å²) in [5, 5.41) is 6.39. The standard InChI is InChI=1S/C17H17ClF3N3O/c1-11-3-5-13(6-4-11)9-24-16(18)14(12(2)23-24)7-8-15(25)22-10-17(19,20)21/h3-8H,9-10H2,1-2H3,(H,22,25)/b8-7+. The lowest BCUT2D eigenvalue weighted by Gasteiger charge is -2.05. The number of hydrogen-bond acceptors (Lipinski definition) is 2. The van der Waals surface area contributed by atoms with Crippen LogP contribution >= 0.6 is 11.6 Å². The molecular weight excluding hydrogens is 355 g/mol. The summed E-state index contributed by atoms with van der Waals surface area (Å²) in [4.78, 5) is 11.4. The van der Waals surface area contributed by atoms with Crippen LogP contribution in [0.4, 0.5) is 13.2 Å². The van der Waals surface area contributed by atoms with Crippen molar-refractivity contribution in [2.24, 2.45) is 0 Å². The van der Waals surface area contributed by atoms with Crippen LogP contribution in [0.1, 0.15) is 22.4 Å². The Kier molecular flexibility index (Phi) is 5.89. The number of aromatic nitrogens is 2. The maximum Gasteiger partial charge on any atom is 0.405 e. The van der Waals surface area contributed by atoms with Gasteiger partial charge in [-0.15, -0.1) is 0 Å². The molecule has 0 aliphatic carbocycles. The molecule has 1 aromatic carbocycles. The first-order valence-electron chi connectivity index (χ1n) is 7.47. The Morgan fingerprint density at radius 1 is 1.28 bits per heavy atom. The maximum atomic E-state index is 12.1. The van der Waals surface area contributed by atoms with Gasteiger partial charge in [-0.2, -0.15) is 18.3 Å². The van der Waals surface area contributed by atoms with E-state index >= 15 is 0 Å². The molecule has 0 fully saturated rings. The minimum Gasteiger partial charge on any atom is -0.343 e. The Balaban J connectivity index is 2.09. The van der Waals surface area contributed by atoms with E-state index in [2.05, 4.69) is 5.10 Å². The normalized spacial score (nSPS) is 11.9. The second kappa shape index (κ2) is 7.74. The molecule has 0 unspecified atom stereocenters. The second-order valence-corrected chi connectivity index (χ2v) is 5.96. The van der Waals surface area contributed by atoms with Gasteiger partial charge in [0, 0.05) is 11.6 Å². The highest BCUT2D eigenvalue weighted by molar-refractivity contribution is 6.31. The number of hydrogen-bond donors (Lipinski definition) is 1. The van der Waals surface area contributed by atoms with E-state index in [-0.39, 0.29) is 0 Å². The van der Waals surface area contributed by atoms with Crippen LogP contribution < -0.4 is 5.32 Å². The van der Waals surface area contributed by atoms with Crippen LogP contribution in [0.2, 0.25) is 5.15 Å². The van der Waals surface area contributed by atoms with Crippen LogP contribution in [0.15, 0.2) is 30.3 Å². The molecule has 1 aromatic heterocycles. The SMILES string of the molecule is Cc1ccc(Cn2nc(C)c(/C=C/C(=O)NCC(F)(F)F)c2Cl)cc1. The van der Waals surface area contributed by atoms with Crippen LogP contribution in [-0.4, -0.2) is 28.4 Å². The third-order valence-corrected chi connectivity index (χ3v) is 3.83. The van der Waals surface area contributed by atoms with Crippen molar-refractivity contribution >= 4 is 23.6 Å². The highest BCUT2D eigenvalue weighted by Gasteiger charge is 2.27. The van der Waals surface area contributed by atoms with Gasteiger partial charge in [0.25, 0.3) is 0 Å². The van der Waals surface area contributed by atoms with E-state index in [0.717, 1.165) is 17.2 Å². The zero-order chi connectivity index (χ0) is 18.6. The fourth-order valence-corrected chi connectivity index (χ4v) is 2.43. The average Bonchev–Trinajstić information content (AvgIpc) is 2.79. The molecule has 4 nitrogen and oxygen atoms in total. The van der Waals surface area contributed by atoms with Crippen molar-refractivity contribution in [3.8, 4) is 0 Å². The lowest BCUT2D eigenvalue weighted by molar-refractivity contribution is -0.135. The summed E-state index contributed by atoms with van der Waals surface area (Å²) in [6.07, 6.45) is -2.07. The first-order chi connectivity index (χ1) is 11.7. The Labute approximate surface area is 148 Å². The molecule has 2 rings (SSSR count).